The van der Waals surface area contributed by atoms with E-state index in [-0.39, 0.29) is 5.78 Å². The molecule has 0 amide bonds. The summed E-state index contributed by atoms with van der Waals surface area (Å²) < 4.78 is 10.3. The summed E-state index contributed by atoms with van der Waals surface area (Å²) in [4.78, 5) is 12.4. The van der Waals surface area contributed by atoms with Crippen molar-refractivity contribution >= 4 is 5.78 Å². The van der Waals surface area contributed by atoms with Crippen molar-refractivity contribution in [1.82, 2.24) is 0 Å². The molecule has 1 atom stereocenters. The second-order valence-electron chi connectivity index (χ2n) is 4.35. The molecule has 0 saturated carbocycles. The lowest BCUT2D eigenvalue weighted by Crippen LogP contribution is -2.21. The fourth-order valence-electron chi connectivity index (χ4n) is 1.94. The summed E-state index contributed by atoms with van der Waals surface area (Å²) >= 11 is 0. The third kappa shape index (κ3) is 2.97. The normalized spacial score (nSPS) is 11.8. The van der Waals surface area contributed by atoms with Crippen molar-refractivity contribution in [2.45, 2.75) is 6.04 Å². The Hall–Kier alpha value is -2.33. The number of rotatable bonds is 5. The predicted octanol–water partition coefficient (Wildman–Crippen LogP) is 2.59. The van der Waals surface area contributed by atoms with Gasteiger partial charge in [-0.1, -0.05) is 30.3 Å². The van der Waals surface area contributed by atoms with E-state index in [0.717, 1.165) is 5.56 Å². The summed E-state index contributed by atoms with van der Waals surface area (Å²) in [6.07, 6.45) is 0. The molecule has 2 aromatic carbocycles. The summed E-state index contributed by atoms with van der Waals surface area (Å²) in [5.41, 5.74) is 7.27. The fraction of sp³-hybridized carbons (Fsp3) is 0.188. The van der Waals surface area contributed by atoms with Crippen molar-refractivity contribution in [3.8, 4) is 11.5 Å². The monoisotopic (exact) mass is 271 g/mol. The largest absolute Gasteiger partial charge is 0.497 e. The first-order valence-electron chi connectivity index (χ1n) is 6.23. The SMILES string of the molecule is COc1cc(OC)cc(C(=O)C(N)c2ccccc2)c1. The minimum atomic E-state index is -0.701. The van der Waals surface area contributed by atoms with E-state index in [2.05, 4.69) is 0 Å². The highest BCUT2D eigenvalue weighted by Gasteiger charge is 2.19. The molecule has 0 radical (unpaired) electrons. The Balaban J connectivity index is 2.33. The average Bonchev–Trinajstić information content (AvgIpc) is 2.53. The van der Waals surface area contributed by atoms with E-state index in [1.54, 1.807) is 32.4 Å². The van der Waals surface area contributed by atoms with Crippen LogP contribution < -0.4 is 15.2 Å². The van der Waals surface area contributed by atoms with Crippen LogP contribution in [0.25, 0.3) is 0 Å². The van der Waals surface area contributed by atoms with Crippen LogP contribution in [-0.4, -0.2) is 20.0 Å². The van der Waals surface area contributed by atoms with Gasteiger partial charge in [-0.3, -0.25) is 4.79 Å². The number of methoxy groups -OCH3 is 2. The number of benzene rings is 2. The van der Waals surface area contributed by atoms with E-state index in [4.69, 9.17) is 15.2 Å². The maximum Gasteiger partial charge on any atom is 0.184 e. The molecule has 1 unspecified atom stereocenters. The molecular formula is C16H17NO3. The molecule has 0 heterocycles. The quantitative estimate of drug-likeness (QED) is 0.849. The smallest absolute Gasteiger partial charge is 0.184 e. The Labute approximate surface area is 118 Å². The first-order valence-corrected chi connectivity index (χ1v) is 6.23. The molecule has 0 aromatic heterocycles. The van der Waals surface area contributed by atoms with Crippen molar-refractivity contribution in [2.24, 2.45) is 5.73 Å². The number of hydrogen-bond acceptors (Lipinski definition) is 4. The zero-order valence-corrected chi connectivity index (χ0v) is 11.5. The number of ether oxygens (including phenoxy) is 2. The van der Waals surface area contributed by atoms with Crippen LogP contribution >= 0.6 is 0 Å². The third-order valence-electron chi connectivity index (χ3n) is 3.08. The van der Waals surface area contributed by atoms with E-state index in [9.17, 15) is 4.79 Å². The molecule has 0 aliphatic heterocycles. The van der Waals surface area contributed by atoms with E-state index in [1.165, 1.54) is 0 Å². The second-order valence-corrected chi connectivity index (χ2v) is 4.35. The van der Waals surface area contributed by atoms with E-state index in [0.29, 0.717) is 17.1 Å². The van der Waals surface area contributed by atoms with Crippen LogP contribution in [0.1, 0.15) is 22.0 Å². The van der Waals surface area contributed by atoms with Gasteiger partial charge < -0.3 is 15.2 Å². The van der Waals surface area contributed by atoms with Crippen LogP contribution in [0, 0.1) is 0 Å². The third-order valence-corrected chi connectivity index (χ3v) is 3.08. The zero-order chi connectivity index (χ0) is 14.5. The van der Waals surface area contributed by atoms with Gasteiger partial charge in [-0.05, 0) is 17.7 Å². The molecule has 104 valence electrons. The molecule has 20 heavy (non-hydrogen) atoms. The number of nitrogens with two attached hydrogens (primary N) is 1. The molecule has 0 aliphatic rings. The van der Waals surface area contributed by atoms with E-state index in [1.807, 2.05) is 30.3 Å². The fourth-order valence-corrected chi connectivity index (χ4v) is 1.94. The molecule has 0 bridgehead atoms. The maximum atomic E-state index is 12.4. The lowest BCUT2D eigenvalue weighted by atomic mass is 9.98. The van der Waals surface area contributed by atoms with E-state index < -0.39 is 6.04 Å². The summed E-state index contributed by atoms with van der Waals surface area (Å²) in [7, 11) is 3.08. The Morgan fingerprint density at radius 2 is 1.55 bits per heavy atom. The van der Waals surface area contributed by atoms with Gasteiger partial charge in [0.05, 0.1) is 20.3 Å². The van der Waals surface area contributed by atoms with Gasteiger partial charge >= 0.3 is 0 Å². The molecule has 4 nitrogen and oxygen atoms in total. The lowest BCUT2D eigenvalue weighted by molar-refractivity contribution is 0.0960. The van der Waals surface area contributed by atoms with Gasteiger partial charge in [0.15, 0.2) is 5.78 Å². The molecule has 0 fully saturated rings. The van der Waals surface area contributed by atoms with Crippen molar-refractivity contribution in [3.05, 3.63) is 59.7 Å². The molecule has 0 spiro atoms. The molecular weight excluding hydrogens is 254 g/mol. The van der Waals surface area contributed by atoms with Crippen LogP contribution in [0.2, 0.25) is 0 Å². The molecule has 4 heteroatoms. The highest BCUT2D eigenvalue weighted by atomic mass is 16.5. The van der Waals surface area contributed by atoms with Gasteiger partial charge in [-0.2, -0.15) is 0 Å². The number of carbonyl (C=O) groups excluding carboxylic acids is 1. The van der Waals surface area contributed by atoms with Crippen molar-refractivity contribution < 1.29 is 14.3 Å². The minimum Gasteiger partial charge on any atom is -0.497 e. The number of Topliss-reactive ketones (excluding diaryl/α,β-unsaturated/α-hetero) is 1. The Kier molecular flexibility index (Phi) is 4.38. The molecule has 2 rings (SSSR count). The van der Waals surface area contributed by atoms with Crippen molar-refractivity contribution in [3.63, 3.8) is 0 Å². The van der Waals surface area contributed by atoms with Gasteiger partial charge in [0.1, 0.15) is 11.5 Å². The first-order chi connectivity index (χ1) is 9.65. The lowest BCUT2D eigenvalue weighted by Gasteiger charge is -2.13. The molecule has 2 N–H and O–H groups in total. The maximum absolute atomic E-state index is 12.4. The summed E-state index contributed by atoms with van der Waals surface area (Å²) in [6.45, 7) is 0. The van der Waals surface area contributed by atoms with Gasteiger partial charge in [-0.25, -0.2) is 0 Å². The van der Waals surface area contributed by atoms with Gasteiger partial charge in [0.25, 0.3) is 0 Å². The number of hydrogen-bond donors (Lipinski definition) is 1. The number of carbonyl (C=O) groups is 1. The summed E-state index contributed by atoms with van der Waals surface area (Å²) in [5.74, 6) is 0.953. The van der Waals surface area contributed by atoms with Crippen molar-refractivity contribution in [1.29, 1.82) is 0 Å². The topological polar surface area (TPSA) is 61.5 Å². The highest BCUT2D eigenvalue weighted by Crippen LogP contribution is 2.25. The number of ketones is 1. The predicted molar refractivity (Wildman–Crippen MR) is 77.2 cm³/mol. The Morgan fingerprint density at radius 3 is 2.05 bits per heavy atom. The van der Waals surface area contributed by atoms with Gasteiger partial charge in [0.2, 0.25) is 0 Å². The molecule has 0 saturated heterocycles. The van der Waals surface area contributed by atoms with Crippen LogP contribution in [0.5, 0.6) is 11.5 Å². The van der Waals surface area contributed by atoms with Crippen LogP contribution in [0.15, 0.2) is 48.5 Å². The van der Waals surface area contributed by atoms with Gasteiger partial charge in [-0.15, -0.1) is 0 Å². The Morgan fingerprint density at radius 1 is 1.00 bits per heavy atom. The average molecular weight is 271 g/mol. The molecule has 0 aliphatic carbocycles. The first kappa shape index (κ1) is 14.1. The Bertz CT molecular complexity index is 574. The van der Waals surface area contributed by atoms with E-state index >= 15 is 0 Å². The molecule has 2 aromatic rings. The van der Waals surface area contributed by atoms with Crippen LogP contribution in [0.3, 0.4) is 0 Å². The zero-order valence-electron chi connectivity index (χ0n) is 11.5. The second kappa shape index (κ2) is 6.21. The van der Waals surface area contributed by atoms with Gasteiger partial charge in [0, 0.05) is 11.6 Å². The van der Waals surface area contributed by atoms with Crippen LogP contribution in [-0.2, 0) is 0 Å². The standard InChI is InChI=1S/C16H17NO3/c1-19-13-8-12(9-14(10-13)20-2)16(18)15(17)11-6-4-3-5-7-11/h3-10,15H,17H2,1-2H3. The van der Waals surface area contributed by atoms with Crippen LogP contribution in [0.4, 0.5) is 0 Å². The highest BCUT2D eigenvalue weighted by molar-refractivity contribution is 6.01. The summed E-state index contributed by atoms with van der Waals surface area (Å²) in [5, 5.41) is 0. The van der Waals surface area contributed by atoms with Crippen molar-refractivity contribution in [2.75, 3.05) is 14.2 Å². The minimum absolute atomic E-state index is 0.173. The summed E-state index contributed by atoms with van der Waals surface area (Å²) in [6, 6.07) is 13.6.